The predicted octanol–water partition coefficient (Wildman–Crippen LogP) is 4.81. The minimum absolute atomic E-state index is 0.0159. The smallest absolute Gasteiger partial charge is 0.340 e. The lowest BCUT2D eigenvalue weighted by Gasteiger charge is -2.28. The summed E-state index contributed by atoms with van der Waals surface area (Å²) in [6.07, 6.45) is 2.75. The summed E-state index contributed by atoms with van der Waals surface area (Å²) in [6, 6.07) is 4.64. The molecule has 2 rings (SSSR count). The van der Waals surface area contributed by atoms with Gasteiger partial charge in [-0.1, -0.05) is 32.4 Å². The van der Waals surface area contributed by atoms with Crippen molar-refractivity contribution < 1.29 is 19.4 Å². The van der Waals surface area contributed by atoms with Crippen LogP contribution in [-0.2, 0) is 9.53 Å². The van der Waals surface area contributed by atoms with Gasteiger partial charge in [-0.25, -0.2) is 4.79 Å². The highest BCUT2D eigenvalue weighted by molar-refractivity contribution is 6.31. The Kier molecular flexibility index (Phi) is 6.01. The molecular formula is C19H22ClNO4. The number of hydrogen-bond donors (Lipinski definition) is 1. The molecule has 0 atom stereocenters. The summed E-state index contributed by atoms with van der Waals surface area (Å²) in [5.74, 6) is -0.656. The second-order valence-corrected chi connectivity index (χ2v) is 7.29. The van der Waals surface area contributed by atoms with Crippen molar-refractivity contribution >= 4 is 35.3 Å². The maximum atomic E-state index is 12.2. The van der Waals surface area contributed by atoms with Crippen LogP contribution in [0.3, 0.4) is 0 Å². The van der Waals surface area contributed by atoms with Gasteiger partial charge in [0.05, 0.1) is 23.4 Å². The molecule has 0 saturated heterocycles. The lowest BCUT2D eigenvalue weighted by Crippen LogP contribution is -2.26. The third-order valence-electron chi connectivity index (χ3n) is 3.85. The van der Waals surface area contributed by atoms with Crippen LogP contribution in [0.15, 0.2) is 34.5 Å². The SMILES string of the molecule is CCCOC(=O)c1ccc(Cl)cc1N=CC1=C(O)CC(C)(C)CC1=O. The number of aliphatic hydroxyl groups excluding tert-OH is 1. The highest BCUT2D eigenvalue weighted by Gasteiger charge is 2.32. The molecule has 0 unspecified atom stereocenters. The van der Waals surface area contributed by atoms with Crippen molar-refractivity contribution in [2.45, 2.75) is 40.0 Å². The third kappa shape index (κ3) is 4.92. The molecule has 1 N–H and O–H groups in total. The van der Waals surface area contributed by atoms with Crippen molar-refractivity contribution in [1.82, 2.24) is 0 Å². The monoisotopic (exact) mass is 363 g/mol. The van der Waals surface area contributed by atoms with Gasteiger partial charge in [-0.3, -0.25) is 9.79 Å². The number of ether oxygens (including phenoxy) is 1. The van der Waals surface area contributed by atoms with E-state index >= 15 is 0 Å². The van der Waals surface area contributed by atoms with Crippen LogP contribution < -0.4 is 0 Å². The molecule has 6 heteroatoms. The number of esters is 1. The van der Waals surface area contributed by atoms with Crippen LogP contribution in [0, 0.1) is 5.41 Å². The Balaban J connectivity index is 2.33. The Hall–Kier alpha value is -2.14. The third-order valence-corrected chi connectivity index (χ3v) is 4.08. The van der Waals surface area contributed by atoms with Crippen molar-refractivity contribution in [2.75, 3.05) is 6.61 Å². The van der Waals surface area contributed by atoms with Crippen molar-refractivity contribution in [3.8, 4) is 0 Å². The molecule has 1 aromatic rings. The number of ketones is 1. The maximum Gasteiger partial charge on any atom is 0.340 e. The number of halogens is 1. The fourth-order valence-corrected chi connectivity index (χ4v) is 2.81. The van der Waals surface area contributed by atoms with Gasteiger partial charge in [0.1, 0.15) is 5.76 Å². The van der Waals surface area contributed by atoms with Gasteiger partial charge in [0.15, 0.2) is 5.78 Å². The van der Waals surface area contributed by atoms with E-state index in [1.807, 2.05) is 20.8 Å². The number of aliphatic hydroxyl groups is 1. The summed E-state index contributed by atoms with van der Waals surface area (Å²) < 4.78 is 5.13. The van der Waals surface area contributed by atoms with E-state index in [1.54, 1.807) is 6.07 Å². The number of carbonyl (C=O) groups excluding carboxylic acids is 2. The second kappa shape index (κ2) is 7.83. The molecule has 0 fully saturated rings. The molecule has 0 saturated carbocycles. The van der Waals surface area contributed by atoms with Crippen LogP contribution in [0.5, 0.6) is 0 Å². The highest BCUT2D eigenvalue weighted by atomic mass is 35.5. The van der Waals surface area contributed by atoms with E-state index < -0.39 is 5.97 Å². The standard InChI is InChI=1S/C19H22ClNO4/c1-4-7-25-18(24)13-6-5-12(20)8-15(13)21-11-14-16(22)9-19(2,3)10-17(14)23/h5-6,8,11,22H,4,7,9-10H2,1-3H3. The number of rotatable bonds is 5. The Bertz CT molecular complexity index is 750. The van der Waals surface area contributed by atoms with E-state index in [2.05, 4.69) is 4.99 Å². The summed E-state index contributed by atoms with van der Waals surface area (Å²) in [7, 11) is 0. The fourth-order valence-electron chi connectivity index (χ4n) is 2.64. The van der Waals surface area contributed by atoms with E-state index in [4.69, 9.17) is 16.3 Å². The van der Waals surface area contributed by atoms with E-state index in [0.717, 1.165) is 0 Å². The molecule has 5 nitrogen and oxygen atoms in total. The van der Waals surface area contributed by atoms with Gasteiger partial charge in [-0.05, 0) is 30.0 Å². The first kappa shape index (κ1) is 19.2. The van der Waals surface area contributed by atoms with Crippen molar-refractivity contribution in [1.29, 1.82) is 0 Å². The van der Waals surface area contributed by atoms with Gasteiger partial charge >= 0.3 is 5.97 Å². The summed E-state index contributed by atoms with van der Waals surface area (Å²) in [6.45, 7) is 6.06. The van der Waals surface area contributed by atoms with E-state index in [9.17, 15) is 14.7 Å². The zero-order chi connectivity index (χ0) is 18.6. The summed E-state index contributed by atoms with van der Waals surface area (Å²) >= 11 is 5.99. The predicted molar refractivity (Wildman–Crippen MR) is 97.9 cm³/mol. The first-order valence-corrected chi connectivity index (χ1v) is 8.57. The average Bonchev–Trinajstić information content (AvgIpc) is 2.50. The van der Waals surface area contributed by atoms with Gasteiger partial charge < -0.3 is 9.84 Å². The zero-order valence-corrected chi connectivity index (χ0v) is 15.4. The number of carbonyl (C=O) groups is 2. The number of allylic oxidation sites excluding steroid dienone is 2. The average molecular weight is 364 g/mol. The molecule has 0 aliphatic heterocycles. The van der Waals surface area contributed by atoms with Crippen molar-refractivity contribution in [2.24, 2.45) is 10.4 Å². The molecule has 0 heterocycles. The molecule has 25 heavy (non-hydrogen) atoms. The van der Waals surface area contributed by atoms with E-state index in [0.29, 0.717) is 36.6 Å². The molecule has 134 valence electrons. The lowest BCUT2D eigenvalue weighted by molar-refractivity contribution is -0.117. The number of aliphatic imine (C=N–C) groups is 1. The lowest BCUT2D eigenvalue weighted by atomic mass is 9.77. The van der Waals surface area contributed by atoms with Crippen LogP contribution in [0.25, 0.3) is 0 Å². The normalized spacial score (nSPS) is 17.2. The topological polar surface area (TPSA) is 76.0 Å². The summed E-state index contributed by atoms with van der Waals surface area (Å²) in [5, 5.41) is 10.6. The first-order chi connectivity index (χ1) is 11.7. The highest BCUT2D eigenvalue weighted by Crippen LogP contribution is 2.35. The van der Waals surface area contributed by atoms with Crippen molar-refractivity contribution in [3.05, 3.63) is 40.1 Å². The van der Waals surface area contributed by atoms with Crippen LogP contribution >= 0.6 is 11.6 Å². The number of hydrogen-bond acceptors (Lipinski definition) is 5. The molecule has 0 spiro atoms. The Morgan fingerprint density at radius 2 is 2.12 bits per heavy atom. The Labute approximate surface area is 152 Å². The molecule has 1 aromatic carbocycles. The van der Waals surface area contributed by atoms with Crippen LogP contribution in [0.2, 0.25) is 5.02 Å². The van der Waals surface area contributed by atoms with Gasteiger partial charge in [0, 0.05) is 24.1 Å². The van der Waals surface area contributed by atoms with Crippen LogP contribution in [-0.4, -0.2) is 29.7 Å². The number of benzene rings is 1. The maximum absolute atomic E-state index is 12.2. The molecule has 1 aliphatic carbocycles. The molecule has 1 aliphatic rings. The van der Waals surface area contributed by atoms with Crippen molar-refractivity contribution in [3.63, 3.8) is 0 Å². The minimum atomic E-state index is -0.500. The van der Waals surface area contributed by atoms with E-state index in [-0.39, 0.29) is 28.1 Å². The van der Waals surface area contributed by atoms with Crippen LogP contribution in [0.4, 0.5) is 5.69 Å². The Morgan fingerprint density at radius 1 is 1.40 bits per heavy atom. The minimum Gasteiger partial charge on any atom is -0.511 e. The van der Waals surface area contributed by atoms with Gasteiger partial charge in [0.2, 0.25) is 0 Å². The van der Waals surface area contributed by atoms with Gasteiger partial charge in [0.25, 0.3) is 0 Å². The largest absolute Gasteiger partial charge is 0.511 e. The molecule has 0 bridgehead atoms. The molecule has 0 radical (unpaired) electrons. The van der Waals surface area contributed by atoms with Gasteiger partial charge in [-0.2, -0.15) is 0 Å². The van der Waals surface area contributed by atoms with Gasteiger partial charge in [-0.15, -0.1) is 0 Å². The Morgan fingerprint density at radius 3 is 2.76 bits per heavy atom. The number of Topliss-reactive ketones (excluding diaryl/α,β-unsaturated/α-hetero) is 1. The summed E-state index contributed by atoms with van der Waals surface area (Å²) in [4.78, 5) is 28.6. The van der Waals surface area contributed by atoms with E-state index in [1.165, 1.54) is 18.3 Å². The molecular weight excluding hydrogens is 342 g/mol. The number of nitrogens with zero attached hydrogens (tertiary/aromatic N) is 1. The fraction of sp³-hybridized carbons (Fsp3) is 0.421. The summed E-state index contributed by atoms with van der Waals surface area (Å²) in [5.41, 5.74) is 0.459. The molecule has 0 amide bonds. The molecule has 0 aromatic heterocycles. The quantitative estimate of drug-likeness (QED) is 0.601. The second-order valence-electron chi connectivity index (χ2n) is 6.86. The zero-order valence-electron chi connectivity index (χ0n) is 14.6. The first-order valence-electron chi connectivity index (χ1n) is 8.19. The van der Waals surface area contributed by atoms with Crippen LogP contribution in [0.1, 0.15) is 50.4 Å².